The van der Waals surface area contributed by atoms with Crippen LogP contribution in [-0.4, -0.2) is 31.4 Å². The smallest absolute Gasteiger partial charge is 0.338 e. The monoisotopic (exact) mass is 475 g/mol. The van der Waals surface area contributed by atoms with E-state index in [0.29, 0.717) is 37.7 Å². The molecule has 0 spiro atoms. The molecule has 0 saturated heterocycles. The number of hydrogen-bond acceptors (Lipinski definition) is 8. The van der Waals surface area contributed by atoms with E-state index in [1.165, 1.54) is 30.1 Å². The number of thiazole rings is 1. The first-order chi connectivity index (χ1) is 16.5. The van der Waals surface area contributed by atoms with E-state index in [9.17, 15) is 9.59 Å². The van der Waals surface area contributed by atoms with Crippen LogP contribution in [0.1, 0.15) is 24.1 Å². The molecule has 0 radical (unpaired) electrons. The highest BCUT2D eigenvalue weighted by Crippen LogP contribution is 2.31. The van der Waals surface area contributed by atoms with Crippen LogP contribution < -0.4 is 24.4 Å². The highest BCUT2D eigenvalue weighted by Gasteiger charge is 2.32. The third-order valence-electron chi connectivity index (χ3n) is 5.32. The molecule has 0 saturated carbocycles. The van der Waals surface area contributed by atoms with Gasteiger partial charge in [-0.15, -0.1) is 0 Å². The Morgan fingerprint density at radius 1 is 1.21 bits per heavy atom. The molecule has 0 N–H and O–H groups in total. The third kappa shape index (κ3) is 4.23. The number of carbonyl (C=O) groups is 1. The number of ether oxygens (including phenoxy) is 3. The van der Waals surface area contributed by atoms with Gasteiger partial charge in [-0.05, 0) is 36.3 Å². The van der Waals surface area contributed by atoms with Crippen molar-refractivity contribution in [2.45, 2.75) is 13.0 Å². The average Bonchev–Trinajstić information content (AvgIpc) is 3.16. The van der Waals surface area contributed by atoms with E-state index in [1.54, 1.807) is 31.2 Å². The summed E-state index contributed by atoms with van der Waals surface area (Å²) in [6, 6.07) is 15.8. The Morgan fingerprint density at radius 2 is 1.97 bits per heavy atom. The molecule has 1 atom stereocenters. The van der Waals surface area contributed by atoms with Gasteiger partial charge in [-0.2, -0.15) is 5.26 Å². The Balaban J connectivity index is 1.87. The van der Waals surface area contributed by atoms with Crippen molar-refractivity contribution in [2.75, 3.05) is 20.8 Å². The molecule has 0 fully saturated rings. The van der Waals surface area contributed by atoms with Gasteiger partial charge in [-0.1, -0.05) is 47.7 Å². The van der Waals surface area contributed by atoms with Crippen LogP contribution in [0.4, 0.5) is 0 Å². The Hall–Kier alpha value is -4.16. The fourth-order valence-corrected chi connectivity index (χ4v) is 4.84. The second-order valence-electron chi connectivity index (χ2n) is 7.34. The lowest BCUT2D eigenvalue weighted by molar-refractivity contribution is -0.136. The third-order valence-corrected chi connectivity index (χ3v) is 6.30. The van der Waals surface area contributed by atoms with E-state index < -0.39 is 12.0 Å². The lowest BCUT2D eigenvalue weighted by Gasteiger charge is -2.24. The molecule has 34 heavy (non-hydrogen) atoms. The Morgan fingerprint density at radius 3 is 2.65 bits per heavy atom. The number of hydrogen-bond donors (Lipinski definition) is 0. The van der Waals surface area contributed by atoms with Crippen LogP contribution in [0.2, 0.25) is 0 Å². The highest BCUT2D eigenvalue weighted by atomic mass is 32.1. The molecule has 0 aliphatic carbocycles. The topological polar surface area (TPSA) is 103 Å². The number of methoxy groups -OCH3 is 2. The number of rotatable bonds is 6. The SMILES string of the molecule is COC(=O)C1=C(C)N=c2s/c(=C\c3ccc(OCC#N)c(OC)c3)c(=O)n2[C@H]1c1ccccc1. The summed E-state index contributed by atoms with van der Waals surface area (Å²) in [5.41, 5.74) is 2.06. The maximum Gasteiger partial charge on any atom is 0.338 e. The second kappa shape index (κ2) is 9.77. The van der Waals surface area contributed by atoms with E-state index in [2.05, 4.69) is 4.99 Å². The van der Waals surface area contributed by atoms with Crippen LogP contribution in [0.25, 0.3) is 6.08 Å². The summed E-state index contributed by atoms with van der Waals surface area (Å²) in [4.78, 5) is 31.2. The lowest BCUT2D eigenvalue weighted by atomic mass is 9.96. The van der Waals surface area contributed by atoms with Gasteiger partial charge in [-0.25, -0.2) is 9.79 Å². The second-order valence-corrected chi connectivity index (χ2v) is 8.35. The van der Waals surface area contributed by atoms with Crippen molar-refractivity contribution in [2.24, 2.45) is 4.99 Å². The fourth-order valence-electron chi connectivity index (χ4n) is 3.80. The highest BCUT2D eigenvalue weighted by molar-refractivity contribution is 7.07. The molecular formula is C25H21N3O5S. The maximum atomic E-state index is 13.5. The molecular weight excluding hydrogens is 454 g/mol. The molecule has 2 heterocycles. The molecule has 8 nitrogen and oxygen atoms in total. The Kier molecular flexibility index (Phi) is 6.61. The summed E-state index contributed by atoms with van der Waals surface area (Å²) in [7, 11) is 2.82. The van der Waals surface area contributed by atoms with Gasteiger partial charge >= 0.3 is 5.97 Å². The average molecular weight is 476 g/mol. The van der Waals surface area contributed by atoms with Gasteiger partial charge in [0.25, 0.3) is 5.56 Å². The van der Waals surface area contributed by atoms with Crippen molar-refractivity contribution >= 4 is 23.4 Å². The zero-order valence-corrected chi connectivity index (χ0v) is 19.6. The minimum atomic E-state index is -0.650. The van der Waals surface area contributed by atoms with Crippen LogP contribution >= 0.6 is 11.3 Å². The summed E-state index contributed by atoms with van der Waals surface area (Å²) in [5.74, 6) is 0.356. The maximum absolute atomic E-state index is 13.5. The number of nitriles is 1. The Bertz CT molecular complexity index is 1500. The van der Waals surface area contributed by atoms with E-state index in [1.807, 2.05) is 36.4 Å². The number of nitrogens with zero attached hydrogens (tertiary/aromatic N) is 3. The summed E-state index contributed by atoms with van der Waals surface area (Å²) < 4.78 is 17.7. The van der Waals surface area contributed by atoms with Crippen molar-refractivity contribution in [3.05, 3.63) is 90.6 Å². The zero-order chi connectivity index (χ0) is 24.2. The lowest BCUT2D eigenvalue weighted by Crippen LogP contribution is -2.39. The van der Waals surface area contributed by atoms with Crippen LogP contribution in [0.3, 0.4) is 0 Å². The summed E-state index contributed by atoms with van der Waals surface area (Å²) in [5, 5.41) is 8.74. The standard InChI is InChI=1S/C25H21N3O5S/c1-15-21(24(30)32-3)22(17-7-5-4-6-8-17)28-23(29)20(34-25(28)27-15)14-16-9-10-18(33-12-11-26)19(13-16)31-2/h4-10,13-14,22H,12H2,1-3H3/b20-14-/t22-/m0/s1. The summed E-state index contributed by atoms with van der Waals surface area (Å²) in [6.45, 7) is 1.64. The van der Waals surface area contributed by atoms with Crippen molar-refractivity contribution in [1.29, 1.82) is 5.26 Å². The van der Waals surface area contributed by atoms with Crippen molar-refractivity contribution < 1.29 is 19.0 Å². The van der Waals surface area contributed by atoms with E-state index in [4.69, 9.17) is 19.5 Å². The molecule has 0 unspecified atom stereocenters. The molecule has 4 rings (SSSR count). The number of allylic oxidation sites excluding steroid dienone is 1. The van der Waals surface area contributed by atoms with E-state index >= 15 is 0 Å². The first-order valence-electron chi connectivity index (χ1n) is 10.3. The molecule has 1 aliphatic heterocycles. The number of aromatic nitrogens is 1. The number of benzene rings is 2. The molecule has 1 aromatic heterocycles. The van der Waals surface area contributed by atoms with Crippen molar-refractivity contribution in [3.63, 3.8) is 0 Å². The van der Waals surface area contributed by atoms with Gasteiger partial charge in [0.05, 0.1) is 36.1 Å². The zero-order valence-electron chi connectivity index (χ0n) is 18.8. The van der Waals surface area contributed by atoms with Crippen LogP contribution in [-0.2, 0) is 9.53 Å². The predicted molar refractivity (Wildman–Crippen MR) is 126 cm³/mol. The molecule has 0 bridgehead atoms. The Labute approximate surface area is 199 Å². The summed E-state index contributed by atoms with van der Waals surface area (Å²) >= 11 is 1.24. The van der Waals surface area contributed by atoms with Gasteiger partial charge in [0.1, 0.15) is 6.07 Å². The minimum absolute atomic E-state index is 0.102. The normalized spacial score (nSPS) is 15.2. The first kappa shape index (κ1) is 23.0. The molecule has 2 aromatic carbocycles. The molecule has 3 aromatic rings. The van der Waals surface area contributed by atoms with Gasteiger partial charge in [0, 0.05) is 0 Å². The van der Waals surface area contributed by atoms with Gasteiger partial charge in [0.2, 0.25) is 0 Å². The minimum Gasteiger partial charge on any atom is -0.493 e. The summed E-state index contributed by atoms with van der Waals surface area (Å²) in [6.07, 6.45) is 1.74. The van der Waals surface area contributed by atoms with Gasteiger partial charge < -0.3 is 14.2 Å². The van der Waals surface area contributed by atoms with Crippen LogP contribution in [0, 0.1) is 11.3 Å². The van der Waals surface area contributed by atoms with Gasteiger partial charge in [-0.3, -0.25) is 9.36 Å². The van der Waals surface area contributed by atoms with Crippen molar-refractivity contribution in [3.8, 4) is 17.6 Å². The van der Waals surface area contributed by atoms with Gasteiger partial charge in [0.15, 0.2) is 22.9 Å². The largest absolute Gasteiger partial charge is 0.493 e. The quantitative estimate of drug-likeness (QED) is 0.507. The van der Waals surface area contributed by atoms with Crippen molar-refractivity contribution in [1.82, 2.24) is 4.57 Å². The molecule has 0 amide bonds. The predicted octanol–water partition coefficient (Wildman–Crippen LogP) is 2.32. The molecule has 9 heteroatoms. The number of fused-ring (bicyclic) bond motifs is 1. The molecule has 1 aliphatic rings. The van der Waals surface area contributed by atoms with Crippen LogP contribution in [0.5, 0.6) is 11.5 Å². The number of esters is 1. The van der Waals surface area contributed by atoms with Crippen LogP contribution in [0.15, 0.2) is 69.6 Å². The first-order valence-corrected chi connectivity index (χ1v) is 11.1. The van der Waals surface area contributed by atoms with E-state index in [0.717, 1.165) is 5.56 Å². The number of carbonyl (C=O) groups excluding carboxylic acids is 1. The van der Waals surface area contributed by atoms with E-state index in [-0.39, 0.29) is 12.2 Å². The fraction of sp³-hybridized carbons (Fsp3) is 0.200. The molecule has 172 valence electrons.